The lowest BCUT2D eigenvalue weighted by molar-refractivity contribution is -0.132. The minimum absolute atomic E-state index is 0.157. The summed E-state index contributed by atoms with van der Waals surface area (Å²) in [6.07, 6.45) is 2.04. The molecular weight excluding hydrogens is 386 g/mol. The first-order valence-corrected chi connectivity index (χ1v) is 10.2. The molecule has 0 saturated heterocycles. The van der Waals surface area contributed by atoms with Crippen LogP contribution in [0.5, 0.6) is 0 Å². The minimum atomic E-state index is -0.872. The Balaban J connectivity index is 1.41. The summed E-state index contributed by atoms with van der Waals surface area (Å²) in [7, 11) is 1.64. The second kappa shape index (κ2) is 10.2. The second-order valence-electron chi connectivity index (χ2n) is 7.48. The number of hydrogen-bond donors (Lipinski definition) is 2. The number of nitrogens with zero attached hydrogens (tertiary/aromatic N) is 2. The summed E-state index contributed by atoms with van der Waals surface area (Å²) in [5, 5.41) is 6.32. The zero-order chi connectivity index (χ0) is 21.5. The maximum atomic E-state index is 13.4. The molecule has 30 heavy (non-hydrogen) atoms. The molecule has 1 aliphatic heterocycles. The van der Waals surface area contributed by atoms with Gasteiger partial charge in [-0.25, -0.2) is 8.78 Å². The van der Waals surface area contributed by atoms with E-state index in [9.17, 15) is 13.6 Å². The Bertz CT molecular complexity index is 916. The van der Waals surface area contributed by atoms with Crippen LogP contribution in [0.2, 0.25) is 0 Å². The summed E-state index contributed by atoms with van der Waals surface area (Å²) in [6, 6.07) is 11.8. The van der Waals surface area contributed by atoms with E-state index in [-0.39, 0.29) is 11.9 Å². The number of hydrogen-bond acceptors (Lipinski definition) is 2. The quantitative estimate of drug-likeness (QED) is 0.432. The third-order valence-electron chi connectivity index (χ3n) is 5.36. The monoisotopic (exact) mass is 414 g/mol. The second-order valence-corrected chi connectivity index (χ2v) is 7.48. The molecule has 3 rings (SSSR count). The van der Waals surface area contributed by atoms with E-state index in [1.165, 1.54) is 17.2 Å². The molecule has 0 radical (unpaired) electrons. The standard InChI is InChI=1S/C23H28F2N4O/c1-16(18-9-10-20(24)21(25)14-18)28-23(26-2)27-12-5-8-22(30)29-13-11-17-6-3-4-7-19(17)15-29/h3-4,6-7,9-10,14,16H,5,8,11-13,15H2,1-2H3,(H2,26,27,28). The number of amides is 1. The number of aliphatic imine (C=N–C) groups is 1. The molecule has 0 saturated carbocycles. The molecule has 0 aliphatic carbocycles. The van der Waals surface area contributed by atoms with Gasteiger partial charge in [0.1, 0.15) is 0 Å². The molecule has 160 valence electrons. The van der Waals surface area contributed by atoms with Gasteiger partial charge in [-0.2, -0.15) is 0 Å². The fourth-order valence-electron chi connectivity index (χ4n) is 3.58. The van der Waals surface area contributed by atoms with Crippen LogP contribution in [-0.2, 0) is 17.8 Å². The summed E-state index contributed by atoms with van der Waals surface area (Å²) >= 11 is 0. The summed E-state index contributed by atoms with van der Waals surface area (Å²) in [4.78, 5) is 18.6. The Morgan fingerprint density at radius 1 is 1.17 bits per heavy atom. The fourth-order valence-corrected chi connectivity index (χ4v) is 3.58. The lowest BCUT2D eigenvalue weighted by Crippen LogP contribution is -2.40. The van der Waals surface area contributed by atoms with Crippen LogP contribution >= 0.6 is 0 Å². The normalized spacial score (nSPS) is 14.8. The minimum Gasteiger partial charge on any atom is -0.356 e. The van der Waals surface area contributed by atoms with E-state index < -0.39 is 11.6 Å². The number of halogens is 2. The number of carbonyl (C=O) groups excluding carboxylic acids is 1. The van der Waals surface area contributed by atoms with Crippen LogP contribution in [0.25, 0.3) is 0 Å². The number of benzene rings is 2. The van der Waals surface area contributed by atoms with Crippen molar-refractivity contribution in [2.45, 2.75) is 38.8 Å². The van der Waals surface area contributed by atoms with Crippen molar-refractivity contribution in [3.05, 3.63) is 70.8 Å². The van der Waals surface area contributed by atoms with Crippen molar-refractivity contribution in [1.82, 2.24) is 15.5 Å². The highest BCUT2D eigenvalue weighted by Gasteiger charge is 2.19. The van der Waals surface area contributed by atoms with Crippen LogP contribution in [0.4, 0.5) is 8.78 Å². The van der Waals surface area contributed by atoms with Crippen LogP contribution in [0.15, 0.2) is 47.5 Å². The molecule has 1 aliphatic rings. The topological polar surface area (TPSA) is 56.7 Å². The van der Waals surface area contributed by atoms with Gasteiger partial charge in [-0.3, -0.25) is 9.79 Å². The molecule has 1 heterocycles. The van der Waals surface area contributed by atoms with Crippen molar-refractivity contribution in [3.8, 4) is 0 Å². The fraction of sp³-hybridized carbons (Fsp3) is 0.391. The van der Waals surface area contributed by atoms with Crippen molar-refractivity contribution in [2.75, 3.05) is 20.1 Å². The van der Waals surface area contributed by atoms with Crippen LogP contribution < -0.4 is 10.6 Å². The third-order valence-corrected chi connectivity index (χ3v) is 5.36. The molecule has 0 aromatic heterocycles. The van der Waals surface area contributed by atoms with E-state index in [1.54, 1.807) is 13.1 Å². The molecule has 7 heteroatoms. The van der Waals surface area contributed by atoms with Gasteiger partial charge >= 0.3 is 0 Å². The smallest absolute Gasteiger partial charge is 0.222 e. The van der Waals surface area contributed by atoms with E-state index in [0.717, 1.165) is 19.0 Å². The van der Waals surface area contributed by atoms with Crippen LogP contribution in [0, 0.1) is 11.6 Å². The molecule has 2 N–H and O–H groups in total. The van der Waals surface area contributed by atoms with Crippen molar-refractivity contribution in [2.24, 2.45) is 4.99 Å². The van der Waals surface area contributed by atoms with Crippen LogP contribution in [0.1, 0.15) is 42.5 Å². The van der Waals surface area contributed by atoms with Gasteiger partial charge in [0.2, 0.25) is 5.91 Å². The molecule has 0 spiro atoms. The van der Waals surface area contributed by atoms with Gasteiger partial charge in [0.15, 0.2) is 17.6 Å². The molecular formula is C23H28F2N4O. The number of guanidine groups is 1. The summed E-state index contributed by atoms with van der Waals surface area (Å²) in [6.45, 7) is 3.87. The van der Waals surface area contributed by atoms with Gasteiger partial charge < -0.3 is 15.5 Å². The van der Waals surface area contributed by atoms with Crippen molar-refractivity contribution < 1.29 is 13.6 Å². The number of fused-ring (bicyclic) bond motifs is 1. The predicted octanol–water partition coefficient (Wildman–Crippen LogP) is 3.56. The average Bonchev–Trinajstić information content (AvgIpc) is 2.77. The zero-order valence-corrected chi connectivity index (χ0v) is 17.4. The van der Waals surface area contributed by atoms with E-state index >= 15 is 0 Å². The Morgan fingerprint density at radius 2 is 1.93 bits per heavy atom. The molecule has 1 unspecified atom stereocenters. The van der Waals surface area contributed by atoms with Gasteiger partial charge in [0.05, 0.1) is 6.04 Å². The number of nitrogens with one attached hydrogen (secondary N) is 2. The SMILES string of the molecule is CN=C(NCCCC(=O)N1CCc2ccccc2C1)NC(C)c1ccc(F)c(F)c1. The maximum absolute atomic E-state index is 13.4. The van der Waals surface area contributed by atoms with Crippen LogP contribution in [0.3, 0.4) is 0 Å². The number of rotatable bonds is 6. The molecule has 0 bridgehead atoms. The van der Waals surface area contributed by atoms with Crippen molar-refractivity contribution >= 4 is 11.9 Å². The Kier molecular flexibility index (Phi) is 7.38. The Labute approximate surface area is 176 Å². The highest BCUT2D eigenvalue weighted by molar-refractivity contribution is 5.80. The molecule has 2 aromatic rings. The van der Waals surface area contributed by atoms with Crippen LogP contribution in [-0.4, -0.2) is 36.9 Å². The Morgan fingerprint density at radius 3 is 2.67 bits per heavy atom. The molecule has 5 nitrogen and oxygen atoms in total. The maximum Gasteiger partial charge on any atom is 0.222 e. The largest absolute Gasteiger partial charge is 0.356 e. The lowest BCUT2D eigenvalue weighted by atomic mass is 9.99. The summed E-state index contributed by atoms with van der Waals surface area (Å²) in [5.41, 5.74) is 3.18. The van der Waals surface area contributed by atoms with Crippen molar-refractivity contribution in [1.29, 1.82) is 0 Å². The zero-order valence-electron chi connectivity index (χ0n) is 17.4. The molecule has 2 aromatic carbocycles. The van der Waals surface area contributed by atoms with E-state index in [4.69, 9.17) is 0 Å². The van der Waals surface area contributed by atoms with E-state index in [0.29, 0.717) is 37.5 Å². The molecule has 1 amide bonds. The molecule has 1 atom stereocenters. The van der Waals surface area contributed by atoms with Gasteiger partial charge in [-0.15, -0.1) is 0 Å². The molecule has 0 fully saturated rings. The Hall–Kier alpha value is -2.96. The predicted molar refractivity (Wildman–Crippen MR) is 114 cm³/mol. The highest BCUT2D eigenvalue weighted by atomic mass is 19.2. The average molecular weight is 415 g/mol. The van der Waals surface area contributed by atoms with Gasteiger partial charge in [-0.1, -0.05) is 30.3 Å². The number of carbonyl (C=O) groups is 1. The van der Waals surface area contributed by atoms with Gasteiger partial charge in [0, 0.05) is 33.1 Å². The highest BCUT2D eigenvalue weighted by Crippen LogP contribution is 2.19. The summed E-state index contributed by atoms with van der Waals surface area (Å²) < 4.78 is 26.5. The first-order chi connectivity index (χ1) is 14.5. The third kappa shape index (κ3) is 5.55. The summed E-state index contributed by atoms with van der Waals surface area (Å²) in [5.74, 6) is -1.03. The van der Waals surface area contributed by atoms with E-state index in [2.05, 4.69) is 27.8 Å². The van der Waals surface area contributed by atoms with Crippen molar-refractivity contribution in [3.63, 3.8) is 0 Å². The van der Waals surface area contributed by atoms with E-state index in [1.807, 2.05) is 24.0 Å². The first-order valence-electron chi connectivity index (χ1n) is 10.2. The first kappa shape index (κ1) is 21.7. The lowest BCUT2D eigenvalue weighted by Gasteiger charge is -2.29. The van der Waals surface area contributed by atoms with Gasteiger partial charge in [-0.05, 0) is 48.6 Å². The van der Waals surface area contributed by atoms with Gasteiger partial charge in [0.25, 0.3) is 0 Å².